The van der Waals surface area contributed by atoms with Crippen LogP contribution in [0, 0.1) is 17.3 Å². The van der Waals surface area contributed by atoms with Gasteiger partial charge in [0.2, 0.25) is 0 Å². The Kier molecular flexibility index (Phi) is 3.78. The first-order valence-electron chi connectivity index (χ1n) is 7.91. The zero-order chi connectivity index (χ0) is 16.8. The summed E-state index contributed by atoms with van der Waals surface area (Å²) in [6.45, 7) is 4.65. The summed E-state index contributed by atoms with van der Waals surface area (Å²) in [5, 5.41) is 0. The molecule has 3 aliphatic carbocycles. The van der Waals surface area contributed by atoms with Gasteiger partial charge in [0.05, 0.1) is 0 Å². The van der Waals surface area contributed by atoms with Crippen molar-refractivity contribution in [3.05, 3.63) is 44.8 Å². The van der Waals surface area contributed by atoms with Crippen LogP contribution in [0.4, 0.5) is 0 Å². The number of rotatable bonds is 4. The van der Waals surface area contributed by atoms with Crippen LogP contribution in [-0.4, -0.2) is 21.7 Å². The standard InChI is InChI=1S/C17H22N2O4/c1-17(2)12-5-4-11(13(17)8-12)10-23-15(21)9-19-7-6-14(20)18(3)16(19)22/h4,6-7,12-13H,5,8-10H2,1-3H3/t12-,13-/m0/s1. The molecule has 0 unspecified atom stereocenters. The maximum absolute atomic E-state index is 12.0. The average molecular weight is 318 g/mol. The van der Waals surface area contributed by atoms with Crippen LogP contribution in [0.5, 0.6) is 0 Å². The monoisotopic (exact) mass is 318 g/mol. The van der Waals surface area contributed by atoms with Crippen molar-refractivity contribution >= 4 is 5.97 Å². The molecule has 0 aromatic carbocycles. The SMILES string of the molecule is Cn1c(=O)ccn(CC(=O)OCC2=CC[C@H]3C[C@@H]2C3(C)C)c1=O. The van der Waals surface area contributed by atoms with Gasteiger partial charge in [0, 0.05) is 19.3 Å². The first-order valence-corrected chi connectivity index (χ1v) is 7.91. The van der Waals surface area contributed by atoms with Gasteiger partial charge in [-0.3, -0.25) is 18.7 Å². The Hall–Kier alpha value is -2.11. The molecule has 0 amide bonds. The highest BCUT2D eigenvalue weighted by atomic mass is 16.5. The molecule has 1 saturated carbocycles. The Bertz CT molecular complexity index is 785. The number of nitrogens with zero attached hydrogens (tertiary/aromatic N) is 2. The minimum absolute atomic E-state index is 0.184. The zero-order valence-corrected chi connectivity index (χ0v) is 13.7. The lowest BCUT2D eigenvalue weighted by Crippen LogP contribution is -2.48. The summed E-state index contributed by atoms with van der Waals surface area (Å²) in [7, 11) is 1.38. The molecular formula is C17H22N2O4. The fourth-order valence-corrected chi connectivity index (χ4v) is 3.73. The van der Waals surface area contributed by atoms with Crippen LogP contribution >= 0.6 is 0 Å². The Morgan fingerprint density at radius 2 is 2.13 bits per heavy atom. The molecule has 0 radical (unpaired) electrons. The van der Waals surface area contributed by atoms with Crippen LogP contribution < -0.4 is 11.2 Å². The molecule has 0 saturated heterocycles. The summed E-state index contributed by atoms with van der Waals surface area (Å²) in [5.41, 5.74) is 0.576. The molecule has 0 spiro atoms. The van der Waals surface area contributed by atoms with Gasteiger partial charge < -0.3 is 4.74 Å². The topological polar surface area (TPSA) is 70.3 Å². The molecule has 1 heterocycles. The molecule has 2 atom stereocenters. The summed E-state index contributed by atoms with van der Waals surface area (Å²) >= 11 is 0. The molecule has 0 N–H and O–H groups in total. The minimum Gasteiger partial charge on any atom is -0.460 e. The van der Waals surface area contributed by atoms with Crippen molar-refractivity contribution in [2.75, 3.05) is 6.61 Å². The highest BCUT2D eigenvalue weighted by Crippen LogP contribution is 2.59. The largest absolute Gasteiger partial charge is 0.460 e. The van der Waals surface area contributed by atoms with E-state index >= 15 is 0 Å². The van der Waals surface area contributed by atoms with E-state index in [0.29, 0.717) is 17.9 Å². The highest BCUT2D eigenvalue weighted by molar-refractivity contribution is 5.69. The minimum atomic E-state index is -0.519. The molecule has 4 rings (SSSR count). The molecule has 6 nitrogen and oxygen atoms in total. The van der Waals surface area contributed by atoms with Gasteiger partial charge >= 0.3 is 11.7 Å². The Balaban J connectivity index is 1.61. The van der Waals surface area contributed by atoms with Gasteiger partial charge in [0.15, 0.2) is 0 Å². The molecule has 6 heteroatoms. The number of allylic oxidation sites excluding steroid dienone is 1. The van der Waals surface area contributed by atoms with E-state index in [0.717, 1.165) is 16.9 Å². The number of hydrogen-bond acceptors (Lipinski definition) is 4. The Morgan fingerprint density at radius 3 is 2.78 bits per heavy atom. The van der Waals surface area contributed by atoms with E-state index in [-0.39, 0.29) is 6.54 Å². The fraction of sp³-hybridized carbons (Fsp3) is 0.588. The molecule has 3 aliphatic rings. The second-order valence-electron chi connectivity index (χ2n) is 7.11. The van der Waals surface area contributed by atoms with Gasteiger partial charge in [-0.25, -0.2) is 4.79 Å². The van der Waals surface area contributed by atoms with Crippen molar-refractivity contribution in [3.8, 4) is 0 Å². The van der Waals surface area contributed by atoms with Crippen LogP contribution in [0.25, 0.3) is 0 Å². The Labute approximate surface area is 134 Å². The van der Waals surface area contributed by atoms with E-state index in [9.17, 15) is 14.4 Å². The number of carbonyl (C=O) groups excluding carboxylic acids is 1. The van der Waals surface area contributed by atoms with Gasteiger partial charge in [-0.15, -0.1) is 0 Å². The number of esters is 1. The van der Waals surface area contributed by atoms with Crippen LogP contribution in [-0.2, 0) is 23.1 Å². The van der Waals surface area contributed by atoms with E-state index in [1.54, 1.807) is 0 Å². The van der Waals surface area contributed by atoms with Gasteiger partial charge in [-0.05, 0) is 35.7 Å². The van der Waals surface area contributed by atoms with Crippen molar-refractivity contribution in [2.45, 2.75) is 33.2 Å². The second-order valence-corrected chi connectivity index (χ2v) is 7.11. The van der Waals surface area contributed by atoms with Crippen LogP contribution in [0.2, 0.25) is 0 Å². The summed E-state index contributed by atoms with van der Waals surface area (Å²) in [6, 6.07) is 1.26. The summed E-state index contributed by atoms with van der Waals surface area (Å²) in [6.07, 6.45) is 5.74. The van der Waals surface area contributed by atoms with Gasteiger partial charge in [-0.2, -0.15) is 0 Å². The molecule has 2 bridgehead atoms. The molecule has 1 aromatic rings. The molecule has 124 valence electrons. The van der Waals surface area contributed by atoms with E-state index in [2.05, 4.69) is 19.9 Å². The molecule has 23 heavy (non-hydrogen) atoms. The van der Waals surface area contributed by atoms with E-state index in [4.69, 9.17) is 4.74 Å². The number of carbonyl (C=O) groups is 1. The average Bonchev–Trinajstić information content (AvgIpc) is 2.53. The fourth-order valence-electron chi connectivity index (χ4n) is 3.73. The van der Waals surface area contributed by atoms with Crippen LogP contribution in [0.3, 0.4) is 0 Å². The predicted molar refractivity (Wildman–Crippen MR) is 85.0 cm³/mol. The third kappa shape index (κ3) is 2.66. The molecule has 0 aliphatic heterocycles. The number of fused-ring (bicyclic) bond motifs is 1. The lowest BCUT2D eigenvalue weighted by Gasteiger charge is -2.56. The quantitative estimate of drug-likeness (QED) is 0.615. The summed E-state index contributed by atoms with van der Waals surface area (Å²) in [4.78, 5) is 35.2. The smallest absolute Gasteiger partial charge is 0.331 e. The second kappa shape index (κ2) is 5.51. The third-order valence-corrected chi connectivity index (χ3v) is 5.54. The number of aromatic nitrogens is 2. The van der Waals surface area contributed by atoms with Crippen LogP contribution in [0.15, 0.2) is 33.5 Å². The van der Waals surface area contributed by atoms with Crippen molar-refractivity contribution in [1.29, 1.82) is 0 Å². The van der Waals surface area contributed by atoms with Gasteiger partial charge in [-0.1, -0.05) is 19.9 Å². The summed E-state index contributed by atoms with van der Waals surface area (Å²) in [5.74, 6) is 0.774. The molecule has 1 aromatic heterocycles. The van der Waals surface area contributed by atoms with Crippen LogP contribution in [0.1, 0.15) is 26.7 Å². The zero-order valence-electron chi connectivity index (χ0n) is 13.7. The lowest BCUT2D eigenvalue weighted by atomic mass is 9.49. The normalized spacial score (nSPS) is 24.6. The maximum Gasteiger partial charge on any atom is 0.331 e. The van der Waals surface area contributed by atoms with Crippen molar-refractivity contribution in [2.24, 2.45) is 24.3 Å². The Morgan fingerprint density at radius 1 is 1.39 bits per heavy atom. The lowest BCUT2D eigenvalue weighted by molar-refractivity contribution is -0.144. The van der Waals surface area contributed by atoms with Crippen molar-refractivity contribution < 1.29 is 9.53 Å². The van der Waals surface area contributed by atoms with Gasteiger partial charge in [0.25, 0.3) is 5.56 Å². The number of hydrogen-bond donors (Lipinski definition) is 0. The first-order chi connectivity index (χ1) is 10.8. The van der Waals surface area contributed by atoms with E-state index in [1.807, 2.05) is 0 Å². The molecular weight excluding hydrogens is 296 g/mol. The van der Waals surface area contributed by atoms with Crippen molar-refractivity contribution in [3.63, 3.8) is 0 Å². The third-order valence-electron chi connectivity index (χ3n) is 5.54. The highest BCUT2D eigenvalue weighted by Gasteiger charge is 2.51. The van der Waals surface area contributed by atoms with Crippen molar-refractivity contribution in [1.82, 2.24) is 9.13 Å². The number of ether oxygens (including phenoxy) is 1. The van der Waals surface area contributed by atoms with E-state index in [1.165, 1.54) is 35.9 Å². The summed E-state index contributed by atoms with van der Waals surface area (Å²) < 4.78 is 7.49. The maximum atomic E-state index is 12.0. The predicted octanol–water partition coefficient (Wildman–Crippen LogP) is 1.08. The van der Waals surface area contributed by atoms with E-state index < -0.39 is 17.2 Å². The molecule has 1 fully saturated rings. The first kappa shape index (κ1) is 15.8. The van der Waals surface area contributed by atoms with Gasteiger partial charge in [0.1, 0.15) is 13.2 Å².